The quantitative estimate of drug-likeness (QED) is 0.692. The molecule has 130 valence electrons. The van der Waals surface area contributed by atoms with Crippen LogP contribution in [0.2, 0.25) is 5.02 Å². The molecular formula is C15H11ClFN3O3S2. The minimum absolute atomic E-state index is 0.0840. The minimum Gasteiger partial charge on any atom is -0.339 e. The Morgan fingerprint density at radius 2 is 2.12 bits per heavy atom. The molecule has 1 saturated carbocycles. The van der Waals surface area contributed by atoms with E-state index >= 15 is 0 Å². The van der Waals surface area contributed by atoms with Crippen molar-refractivity contribution in [3.63, 3.8) is 0 Å². The number of hydrogen-bond acceptors (Lipinski definition) is 6. The summed E-state index contributed by atoms with van der Waals surface area (Å²) in [5.74, 6) is 0.661. The van der Waals surface area contributed by atoms with E-state index in [1.807, 2.05) is 0 Å². The van der Waals surface area contributed by atoms with Crippen molar-refractivity contribution in [2.24, 2.45) is 0 Å². The summed E-state index contributed by atoms with van der Waals surface area (Å²) < 4.78 is 45.7. The van der Waals surface area contributed by atoms with Gasteiger partial charge in [-0.3, -0.25) is 4.72 Å². The average Bonchev–Trinajstić information content (AvgIpc) is 3.10. The highest BCUT2D eigenvalue weighted by molar-refractivity contribution is 7.94. The highest BCUT2D eigenvalue weighted by atomic mass is 35.5. The molecule has 0 aliphatic heterocycles. The number of aromatic nitrogens is 2. The van der Waals surface area contributed by atoms with Gasteiger partial charge in [0.05, 0.1) is 10.7 Å². The summed E-state index contributed by atoms with van der Waals surface area (Å²) in [5.41, 5.74) is 0.745. The summed E-state index contributed by atoms with van der Waals surface area (Å²) in [6.45, 7) is 0. The Hall–Kier alpha value is -1.97. The largest absolute Gasteiger partial charge is 0.339 e. The maximum absolute atomic E-state index is 13.2. The van der Waals surface area contributed by atoms with E-state index in [9.17, 15) is 12.8 Å². The summed E-state index contributed by atoms with van der Waals surface area (Å²) in [5, 5.41) is 5.38. The number of nitrogens with one attached hydrogen (secondary N) is 1. The van der Waals surface area contributed by atoms with Crippen molar-refractivity contribution in [2.45, 2.75) is 23.0 Å². The number of nitrogens with zero attached hydrogens (tertiary/aromatic N) is 2. The van der Waals surface area contributed by atoms with Gasteiger partial charge in [0.1, 0.15) is 10.0 Å². The van der Waals surface area contributed by atoms with Crippen LogP contribution in [0.15, 0.2) is 38.4 Å². The molecule has 25 heavy (non-hydrogen) atoms. The van der Waals surface area contributed by atoms with Gasteiger partial charge in [0.25, 0.3) is 10.0 Å². The van der Waals surface area contributed by atoms with Crippen LogP contribution in [0.5, 0.6) is 0 Å². The van der Waals surface area contributed by atoms with Gasteiger partial charge >= 0.3 is 0 Å². The van der Waals surface area contributed by atoms with Crippen molar-refractivity contribution in [1.29, 1.82) is 0 Å². The van der Waals surface area contributed by atoms with Gasteiger partial charge in [-0.05, 0) is 37.1 Å². The van der Waals surface area contributed by atoms with Gasteiger partial charge < -0.3 is 4.52 Å². The normalized spacial score (nSPS) is 14.6. The van der Waals surface area contributed by atoms with Crippen molar-refractivity contribution in [3.05, 3.63) is 46.4 Å². The second-order valence-electron chi connectivity index (χ2n) is 5.62. The Bertz CT molecular complexity index is 1040. The fraction of sp³-hybridized carbons (Fsp3) is 0.200. The first kappa shape index (κ1) is 16.5. The number of halogens is 2. The molecule has 2 aromatic heterocycles. The van der Waals surface area contributed by atoms with Crippen molar-refractivity contribution in [1.82, 2.24) is 10.1 Å². The van der Waals surface area contributed by atoms with Crippen LogP contribution in [-0.2, 0) is 10.0 Å². The molecule has 3 aromatic rings. The Labute approximate surface area is 151 Å². The third-order valence-electron chi connectivity index (χ3n) is 3.64. The number of rotatable bonds is 5. The molecule has 2 heterocycles. The summed E-state index contributed by atoms with van der Waals surface area (Å²) in [7, 11) is -3.83. The van der Waals surface area contributed by atoms with Gasteiger partial charge in [0, 0.05) is 16.9 Å². The molecular weight excluding hydrogens is 389 g/mol. The highest BCUT2D eigenvalue weighted by Crippen LogP contribution is 2.40. The third-order valence-corrected chi connectivity index (χ3v) is 6.75. The standard InChI is InChI=1S/C15H11ClFN3O3S2/c16-11-6-10(3-4-12(11)17)20-25(21,22)13-5-9(7-24-13)14-18-15(23-19-14)8-1-2-8/h3-8,20H,1-2H2. The van der Waals surface area contributed by atoms with Gasteiger partial charge in [-0.2, -0.15) is 4.98 Å². The van der Waals surface area contributed by atoms with Crippen LogP contribution < -0.4 is 4.72 Å². The molecule has 0 saturated heterocycles. The van der Waals surface area contributed by atoms with E-state index in [0.717, 1.165) is 30.2 Å². The first-order valence-electron chi connectivity index (χ1n) is 7.33. The molecule has 6 nitrogen and oxygen atoms in total. The molecule has 0 atom stereocenters. The second-order valence-corrected chi connectivity index (χ2v) is 8.85. The highest BCUT2D eigenvalue weighted by Gasteiger charge is 2.30. The predicted octanol–water partition coefficient (Wildman–Crippen LogP) is 4.27. The second kappa shape index (κ2) is 6.08. The Morgan fingerprint density at radius 1 is 1.32 bits per heavy atom. The van der Waals surface area contributed by atoms with Gasteiger partial charge in [-0.25, -0.2) is 12.8 Å². The lowest BCUT2D eigenvalue weighted by atomic mass is 10.3. The minimum atomic E-state index is -3.83. The molecule has 10 heteroatoms. The fourth-order valence-corrected chi connectivity index (χ4v) is 4.58. The van der Waals surface area contributed by atoms with Crippen LogP contribution in [0.1, 0.15) is 24.7 Å². The van der Waals surface area contributed by atoms with E-state index in [1.165, 1.54) is 18.2 Å². The van der Waals surface area contributed by atoms with Crippen LogP contribution in [-0.4, -0.2) is 18.6 Å². The Kier molecular flexibility index (Phi) is 4.01. The molecule has 0 unspecified atom stereocenters. The summed E-state index contributed by atoms with van der Waals surface area (Å²) in [4.78, 5) is 4.30. The van der Waals surface area contributed by atoms with Crippen LogP contribution in [0, 0.1) is 5.82 Å². The Morgan fingerprint density at radius 3 is 2.84 bits per heavy atom. The average molecular weight is 400 g/mol. The Balaban J connectivity index is 1.57. The van der Waals surface area contributed by atoms with Crippen molar-refractivity contribution < 1.29 is 17.3 Å². The number of hydrogen-bond donors (Lipinski definition) is 1. The smallest absolute Gasteiger partial charge is 0.271 e. The summed E-state index contributed by atoms with van der Waals surface area (Å²) >= 11 is 6.70. The number of benzene rings is 1. The topological polar surface area (TPSA) is 85.1 Å². The van der Waals surface area contributed by atoms with E-state index in [1.54, 1.807) is 5.38 Å². The molecule has 1 aromatic carbocycles. The molecule has 1 N–H and O–H groups in total. The predicted molar refractivity (Wildman–Crippen MR) is 91.8 cm³/mol. The van der Waals surface area contributed by atoms with E-state index in [4.69, 9.17) is 16.1 Å². The molecule has 0 spiro atoms. The lowest BCUT2D eigenvalue weighted by molar-refractivity contribution is 0.380. The molecule has 0 amide bonds. The fourth-order valence-electron chi connectivity index (χ4n) is 2.19. The van der Waals surface area contributed by atoms with Crippen molar-refractivity contribution in [2.75, 3.05) is 4.72 Å². The SMILES string of the molecule is O=S(=O)(Nc1ccc(F)c(Cl)c1)c1cc(-c2noc(C3CC3)n2)cs1. The first-order valence-corrected chi connectivity index (χ1v) is 10.1. The maximum Gasteiger partial charge on any atom is 0.271 e. The van der Waals surface area contributed by atoms with Gasteiger partial charge in [0.2, 0.25) is 11.7 Å². The van der Waals surface area contributed by atoms with Gasteiger partial charge in [-0.15, -0.1) is 11.3 Å². The summed E-state index contributed by atoms with van der Waals surface area (Å²) in [6.07, 6.45) is 2.07. The monoisotopic (exact) mass is 399 g/mol. The van der Waals surface area contributed by atoms with Gasteiger partial charge in [0.15, 0.2) is 0 Å². The molecule has 1 aliphatic rings. The van der Waals surface area contributed by atoms with Crippen molar-refractivity contribution >= 4 is 38.6 Å². The lowest BCUT2D eigenvalue weighted by Gasteiger charge is -2.06. The van der Waals surface area contributed by atoms with Crippen molar-refractivity contribution in [3.8, 4) is 11.4 Å². The summed E-state index contributed by atoms with van der Waals surface area (Å²) in [6, 6.07) is 5.08. The lowest BCUT2D eigenvalue weighted by Crippen LogP contribution is -2.11. The number of sulfonamides is 1. The number of anilines is 1. The van der Waals surface area contributed by atoms with Crippen LogP contribution in [0.25, 0.3) is 11.4 Å². The van der Waals surface area contributed by atoms with Gasteiger partial charge in [-0.1, -0.05) is 16.8 Å². The third kappa shape index (κ3) is 3.39. The van der Waals surface area contributed by atoms with Crippen LogP contribution in [0.3, 0.4) is 0 Å². The zero-order chi connectivity index (χ0) is 17.6. The van der Waals surface area contributed by atoms with E-state index in [-0.39, 0.29) is 14.9 Å². The maximum atomic E-state index is 13.2. The first-order chi connectivity index (χ1) is 11.9. The van der Waals surface area contributed by atoms with Crippen LogP contribution >= 0.6 is 22.9 Å². The van der Waals surface area contributed by atoms with E-state index in [0.29, 0.717) is 23.2 Å². The van der Waals surface area contributed by atoms with E-state index < -0.39 is 15.8 Å². The molecule has 4 rings (SSSR count). The molecule has 1 aliphatic carbocycles. The molecule has 1 fully saturated rings. The zero-order valence-electron chi connectivity index (χ0n) is 12.6. The molecule has 0 bridgehead atoms. The molecule has 0 radical (unpaired) electrons. The van der Waals surface area contributed by atoms with E-state index in [2.05, 4.69) is 14.9 Å². The van der Waals surface area contributed by atoms with Crippen LogP contribution in [0.4, 0.5) is 10.1 Å². The number of thiophene rings is 1. The zero-order valence-corrected chi connectivity index (χ0v) is 15.0.